The monoisotopic (exact) mass is 1680 g/mol. The summed E-state index contributed by atoms with van der Waals surface area (Å²) in [7, 11) is 4.99. The average Bonchev–Trinajstić information content (AvgIpc) is 0.847. The Morgan fingerprint density at radius 3 is 1.30 bits per heavy atom. The summed E-state index contributed by atoms with van der Waals surface area (Å²) in [5, 5.41) is 31.1. The molecule has 4 amide bonds. The zero-order valence-electron chi connectivity index (χ0n) is 68.4. The zero-order chi connectivity index (χ0) is 86.1. The number of azide groups is 1. The molecular weight excluding hydrogens is 1580 g/mol. The van der Waals surface area contributed by atoms with Crippen LogP contribution in [0.25, 0.3) is 32.7 Å². The molecule has 5 heterocycles. The summed E-state index contributed by atoms with van der Waals surface area (Å²) in [6, 6.07) is 31.4. The van der Waals surface area contributed by atoms with Crippen LogP contribution in [0, 0.1) is 13.8 Å². The lowest BCUT2D eigenvalue weighted by molar-refractivity contribution is -0.141. The van der Waals surface area contributed by atoms with Gasteiger partial charge in [0, 0.05) is 187 Å². The first-order valence-electron chi connectivity index (χ1n) is 39.7. The second kappa shape index (κ2) is 46.5. The molecule has 0 radical (unpaired) electrons. The number of piperazine rings is 2. The van der Waals surface area contributed by atoms with E-state index < -0.39 is 35.3 Å². The fourth-order valence-electron chi connectivity index (χ4n) is 13.2. The van der Waals surface area contributed by atoms with Crippen molar-refractivity contribution in [2.75, 3.05) is 180 Å². The Kier molecular flexibility index (Phi) is 35.4. The minimum absolute atomic E-state index is 0. The summed E-state index contributed by atoms with van der Waals surface area (Å²) in [5.74, 6) is -2.38. The third-order valence-electron chi connectivity index (χ3n) is 20.0. The van der Waals surface area contributed by atoms with Gasteiger partial charge in [-0.2, -0.15) is 36.5 Å². The van der Waals surface area contributed by atoms with E-state index in [1.165, 1.54) is 31.4 Å². The van der Waals surface area contributed by atoms with Crippen LogP contribution >= 0.6 is 0 Å². The number of ether oxygens (including phenoxy) is 7. The van der Waals surface area contributed by atoms with Gasteiger partial charge in [-0.25, -0.2) is 4.68 Å². The number of aryl methyl sites for hydroxylation is 5. The number of carbonyl (C=O) groups excluding carboxylic acids is 5. The van der Waals surface area contributed by atoms with E-state index >= 15 is 0 Å². The van der Waals surface area contributed by atoms with Gasteiger partial charge in [-0.15, -0.1) is 5.10 Å². The number of methoxy groups -OCH3 is 1. The van der Waals surface area contributed by atoms with Gasteiger partial charge >= 0.3 is 18.3 Å². The molecule has 0 saturated carbocycles. The molecule has 0 spiro atoms. The number of nitrogens with one attached hydrogen (secondary N) is 4. The molecule has 121 heavy (non-hydrogen) atoms. The molecule has 0 atom stereocenters. The van der Waals surface area contributed by atoms with Gasteiger partial charge in [0.25, 0.3) is 23.6 Å². The van der Waals surface area contributed by atoms with Crippen LogP contribution in [-0.4, -0.2) is 242 Å². The average molecular weight is 1680 g/mol. The quantitative estimate of drug-likeness (QED) is 0.00689. The number of halogens is 6. The molecule has 36 heteroatoms. The molecule has 0 bridgehead atoms. The number of hydrogen-bond acceptors (Lipinski definition) is 21. The second-order valence-corrected chi connectivity index (χ2v) is 28.8. The molecule has 6 aromatic carbocycles. The molecule has 2 fully saturated rings. The van der Waals surface area contributed by atoms with Crippen molar-refractivity contribution in [2.45, 2.75) is 65.1 Å². The Hall–Kier alpha value is -11.3. The molecule has 4 N–H and O–H groups in total. The molecule has 3 aromatic heterocycles. The maximum absolute atomic E-state index is 14.4. The minimum Gasteiger partial charge on any atom is -0.469 e. The number of anilines is 4. The summed E-state index contributed by atoms with van der Waals surface area (Å²) < 4.78 is 129. The first-order valence-corrected chi connectivity index (χ1v) is 39.7. The second-order valence-electron chi connectivity index (χ2n) is 28.8. The Labute approximate surface area is 698 Å². The number of nitrogens with zero attached hydrogens (tertiary/aromatic N) is 14. The molecule has 11 rings (SSSR count). The molecule has 0 unspecified atom stereocenters. The smallest absolute Gasteiger partial charge is 0.416 e. The van der Waals surface area contributed by atoms with Gasteiger partial charge in [-0.05, 0) is 138 Å². The molecule has 648 valence electrons. The van der Waals surface area contributed by atoms with Crippen LogP contribution in [0.3, 0.4) is 0 Å². The molecule has 2 aliphatic heterocycles. The van der Waals surface area contributed by atoms with Crippen molar-refractivity contribution in [3.8, 4) is 22.3 Å². The van der Waals surface area contributed by atoms with Crippen LogP contribution in [0.4, 0.5) is 49.1 Å². The Balaban J connectivity index is 0.000000278. The number of alkyl halides is 6. The van der Waals surface area contributed by atoms with Gasteiger partial charge in [-0.1, -0.05) is 58.9 Å². The van der Waals surface area contributed by atoms with Gasteiger partial charge in [0.05, 0.1) is 122 Å². The van der Waals surface area contributed by atoms with Gasteiger partial charge in [-0.3, -0.25) is 52.9 Å². The lowest BCUT2D eigenvalue weighted by atomic mass is 10.0. The SMILES string of the molecule is COC(=O)CCCc1cn(CCOCCOCCOCCN2CCN(Cc3ccc(C(=O)Nc4ccc(C)c(NC(=O)c5cccc(-c6cnn(C)c6)c5)c4)cc3C(F)(F)F)CC2)nn1.Cc1ccc(NC(=O)c2ccc(CN3CCN(CCOCCOCCOCCN=[N+]=[N-])CC3)c(C(F)(F)F)c2)cc1NC(=O)c1cccc(-c2cnn(C)c2)c1.[2HH]. The molecule has 0 aliphatic carbocycles. The summed E-state index contributed by atoms with van der Waals surface area (Å²) >= 11 is 0. The van der Waals surface area contributed by atoms with E-state index in [0.29, 0.717) is 204 Å². The summed E-state index contributed by atoms with van der Waals surface area (Å²) in [6.07, 6.45) is 1.27. The number of rotatable bonds is 42. The first-order chi connectivity index (χ1) is 58.3. The Bertz CT molecular complexity index is 4930. The normalized spacial score (nSPS) is 13.6. The number of carbonyl (C=O) groups is 5. The fourth-order valence-corrected chi connectivity index (χ4v) is 13.2. The largest absolute Gasteiger partial charge is 0.469 e. The summed E-state index contributed by atoms with van der Waals surface area (Å²) in [5.41, 5.74) is 14.5. The van der Waals surface area contributed by atoms with Crippen LogP contribution in [0.1, 0.15) is 94.8 Å². The van der Waals surface area contributed by atoms with Crippen molar-refractivity contribution in [1.82, 2.24) is 54.2 Å². The Morgan fingerprint density at radius 1 is 0.479 bits per heavy atom. The fraction of sp³-hybridized carbons (Fsp3) is 0.424. The van der Waals surface area contributed by atoms with Gasteiger partial charge < -0.3 is 54.4 Å². The van der Waals surface area contributed by atoms with Crippen LogP contribution in [0.15, 0.2) is 157 Å². The third-order valence-corrected chi connectivity index (χ3v) is 20.0. The molecular formula is C85H104F6N18O12. The van der Waals surface area contributed by atoms with E-state index in [9.17, 15) is 50.3 Å². The number of esters is 1. The predicted molar refractivity (Wildman–Crippen MR) is 444 cm³/mol. The molecule has 9 aromatic rings. The summed E-state index contributed by atoms with van der Waals surface area (Å²) in [4.78, 5) is 75.3. The van der Waals surface area contributed by atoms with E-state index in [2.05, 4.69) is 66.3 Å². The van der Waals surface area contributed by atoms with E-state index in [1.807, 2.05) is 54.6 Å². The predicted octanol–water partition coefficient (Wildman–Crippen LogP) is 12.5. The van der Waals surface area contributed by atoms with Crippen LogP contribution in [0.2, 0.25) is 0 Å². The summed E-state index contributed by atoms with van der Waals surface area (Å²) in [6.45, 7) is 16.3. The van der Waals surface area contributed by atoms with Crippen molar-refractivity contribution >= 4 is 52.3 Å². The van der Waals surface area contributed by atoms with E-state index in [0.717, 1.165) is 51.2 Å². The van der Waals surface area contributed by atoms with Crippen LogP contribution in [0.5, 0.6) is 0 Å². The maximum Gasteiger partial charge on any atom is 0.416 e. The zero-order valence-corrected chi connectivity index (χ0v) is 68.4. The highest BCUT2D eigenvalue weighted by molar-refractivity contribution is 6.09. The molecule has 2 saturated heterocycles. The number of amides is 4. The Morgan fingerprint density at radius 2 is 0.884 bits per heavy atom. The third kappa shape index (κ3) is 29.8. The lowest BCUT2D eigenvalue weighted by Gasteiger charge is -2.35. The van der Waals surface area contributed by atoms with Crippen LogP contribution in [-0.2, 0) is 90.5 Å². The molecule has 2 aliphatic rings. The number of aromatic nitrogens is 7. The van der Waals surface area contributed by atoms with Crippen LogP contribution < -0.4 is 21.3 Å². The maximum atomic E-state index is 14.4. The van der Waals surface area contributed by atoms with Crippen molar-refractivity contribution in [2.24, 2.45) is 19.2 Å². The van der Waals surface area contributed by atoms with Gasteiger partial charge in [0.15, 0.2) is 0 Å². The van der Waals surface area contributed by atoms with Crippen molar-refractivity contribution in [1.29, 1.82) is 0 Å². The van der Waals surface area contributed by atoms with E-state index in [1.54, 1.807) is 113 Å². The van der Waals surface area contributed by atoms with E-state index in [4.69, 9.17) is 34.0 Å². The lowest BCUT2D eigenvalue weighted by Crippen LogP contribution is -2.47. The van der Waals surface area contributed by atoms with Crippen molar-refractivity contribution in [3.63, 3.8) is 0 Å². The van der Waals surface area contributed by atoms with Crippen molar-refractivity contribution in [3.05, 3.63) is 224 Å². The van der Waals surface area contributed by atoms with Crippen molar-refractivity contribution < 1.29 is 84.9 Å². The standard InChI is InChI=1S/C46H56F3N9O7.C39H46F3N9O5.H2/c1-33-10-13-39(28-42(33)52-45(61)35-7-4-6-34(26-35)38-29-50-55(2)30-38)51-44(60)36-11-12-37(41(27-36)46(47,48)49)31-57-16-14-56(15-17-57)18-20-63-22-24-65-25-23-64-21-19-58-32-40(53-54-58)8-5-9-43(59)62-3;1-28-6-9-34(24-36(28)47-38(53)30-5-3-4-29(22-30)33-25-45-49(2)26-33)46-37(52)31-7-8-32(35(23-31)39(40,41)42)27-51-13-11-50(12-14-51)15-17-55-19-21-56-20-18-54-16-10-44-48-43;/h4,6-7,10-13,26-30,32H,5,8-9,14-25,31H2,1-3H3,(H,51,60)(H,52,61);3-9,22-26H,10-21,27H2,1-2H3,(H,46,52)(H,47,53);1H/i;;1+1. The molecule has 30 nitrogen and oxygen atoms in total. The van der Waals surface area contributed by atoms with Gasteiger partial charge in [0.1, 0.15) is 0 Å². The highest BCUT2D eigenvalue weighted by Gasteiger charge is 2.37. The van der Waals surface area contributed by atoms with E-state index in [-0.39, 0.29) is 61.1 Å². The minimum atomic E-state index is -4.67. The highest BCUT2D eigenvalue weighted by Crippen LogP contribution is 2.36. The number of benzene rings is 6. The number of hydrogen-bond donors (Lipinski definition) is 4. The highest BCUT2D eigenvalue weighted by atomic mass is 19.4. The topological polar surface area (TPSA) is 326 Å². The van der Waals surface area contributed by atoms with Gasteiger partial charge in [0.2, 0.25) is 0 Å². The first kappa shape index (κ1) is 92.0.